The molecule has 0 aromatic carbocycles. The summed E-state index contributed by atoms with van der Waals surface area (Å²) in [5.41, 5.74) is 0.338. The molecule has 0 unspecified atom stereocenters. The molecule has 0 bridgehead atoms. The number of rotatable bonds is 2. The Hall–Kier alpha value is -2.42. The molecule has 1 saturated heterocycles. The van der Waals surface area contributed by atoms with E-state index in [1.807, 2.05) is 20.8 Å². The molecule has 3 heterocycles. The molecule has 0 spiro atoms. The number of nitrogens with one attached hydrogen (secondary N) is 2. The van der Waals surface area contributed by atoms with E-state index in [1.165, 1.54) is 16.2 Å². The van der Waals surface area contributed by atoms with E-state index in [4.69, 9.17) is 4.74 Å². The average Bonchev–Trinajstić information content (AvgIpc) is 3.20. The first kappa shape index (κ1) is 19.9. The minimum atomic E-state index is -0.543. The number of hydrogen-bond acceptors (Lipinski definition) is 6. The van der Waals surface area contributed by atoms with Crippen molar-refractivity contribution in [3.63, 3.8) is 0 Å². The van der Waals surface area contributed by atoms with Crippen LogP contribution in [0.2, 0.25) is 0 Å². The minimum Gasteiger partial charge on any atom is -0.444 e. The van der Waals surface area contributed by atoms with Crippen LogP contribution in [-0.4, -0.2) is 51.6 Å². The Morgan fingerprint density at radius 1 is 1.24 bits per heavy atom. The predicted molar refractivity (Wildman–Crippen MR) is 111 cm³/mol. The third-order valence-electron chi connectivity index (χ3n) is 5.28. The fourth-order valence-corrected chi connectivity index (χ4v) is 5.22. The van der Waals surface area contributed by atoms with Crippen LogP contribution in [0, 0.1) is 0 Å². The van der Waals surface area contributed by atoms with E-state index in [0.717, 1.165) is 24.8 Å². The zero-order valence-electron chi connectivity index (χ0n) is 17.0. The summed E-state index contributed by atoms with van der Waals surface area (Å²) in [6, 6.07) is -0.0383. The van der Waals surface area contributed by atoms with Crippen molar-refractivity contribution in [1.82, 2.24) is 20.2 Å². The lowest BCUT2D eigenvalue weighted by atomic mass is 10.1. The molecule has 156 valence electrons. The number of carbonyl (C=O) groups excluding carboxylic acids is 2. The number of fused-ring (bicyclic) bond motifs is 3. The Labute approximate surface area is 172 Å². The number of H-pyrrole nitrogens is 1. The van der Waals surface area contributed by atoms with Gasteiger partial charge in [0.15, 0.2) is 0 Å². The molecule has 9 heteroatoms. The number of thiophene rings is 1. The molecule has 8 nitrogen and oxygen atoms in total. The summed E-state index contributed by atoms with van der Waals surface area (Å²) >= 11 is 1.53. The monoisotopic (exact) mass is 418 g/mol. The molecule has 1 aliphatic carbocycles. The second kappa shape index (κ2) is 7.44. The number of aryl methyl sites for hydroxylation is 2. The number of likely N-dealkylation sites (tertiary alicyclic amines) is 1. The number of aromatic nitrogens is 2. The summed E-state index contributed by atoms with van der Waals surface area (Å²) in [5.74, 6) is -0.172. The van der Waals surface area contributed by atoms with Crippen molar-refractivity contribution in [2.45, 2.75) is 64.5 Å². The van der Waals surface area contributed by atoms with Crippen LogP contribution in [0.25, 0.3) is 10.2 Å². The molecule has 2 aliphatic rings. The van der Waals surface area contributed by atoms with Crippen molar-refractivity contribution < 1.29 is 14.3 Å². The highest BCUT2D eigenvalue weighted by molar-refractivity contribution is 7.18. The lowest BCUT2D eigenvalue weighted by Gasteiger charge is -2.32. The van der Waals surface area contributed by atoms with Crippen molar-refractivity contribution in [1.29, 1.82) is 0 Å². The Morgan fingerprint density at radius 2 is 1.97 bits per heavy atom. The molecule has 2 amide bonds. The number of carbonyl (C=O) groups is 2. The summed E-state index contributed by atoms with van der Waals surface area (Å²) < 4.78 is 5.28. The highest BCUT2D eigenvalue weighted by Gasteiger charge is 2.28. The van der Waals surface area contributed by atoms with Crippen molar-refractivity contribution in [3.8, 4) is 0 Å². The third-order valence-corrected chi connectivity index (χ3v) is 6.47. The number of aromatic amines is 1. The third kappa shape index (κ3) is 4.14. The SMILES string of the molecule is CC(C)(C)OC(=O)NC1CCN(C(=O)c2nc3sc4c(c3c(=O)[nH]2)CCC4)CC1. The summed E-state index contributed by atoms with van der Waals surface area (Å²) in [4.78, 5) is 48.1. The first-order chi connectivity index (χ1) is 13.7. The topological polar surface area (TPSA) is 104 Å². The van der Waals surface area contributed by atoms with Gasteiger partial charge < -0.3 is 19.9 Å². The van der Waals surface area contributed by atoms with Gasteiger partial charge in [0.05, 0.1) is 5.39 Å². The maximum atomic E-state index is 12.9. The van der Waals surface area contributed by atoms with Crippen LogP contribution >= 0.6 is 11.3 Å². The second-order valence-corrected chi connectivity index (χ2v) is 9.75. The normalized spacial score (nSPS) is 17.4. The molecule has 2 aromatic rings. The lowest BCUT2D eigenvalue weighted by Crippen LogP contribution is -2.48. The summed E-state index contributed by atoms with van der Waals surface area (Å²) in [5, 5.41) is 3.51. The van der Waals surface area contributed by atoms with E-state index in [2.05, 4.69) is 15.3 Å². The van der Waals surface area contributed by atoms with Gasteiger partial charge >= 0.3 is 6.09 Å². The Balaban J connectivity index is 1.41. The number of alkyl carbamates (subject to hydrolysis) is 1. The standard InChI is InChI=1S/C20H26N4O4S/c1-20(2,3)28-19(27)21-11-7-9-24(10-8-11)18(26)15-22-16(25)14-12-5-4-6-13(12)29-17(14)23-15/h11H,4-10H2,1-3H3,(H,21,27)(H,22,23,25). The molecule has 0 atom stereocenters. The Bertz CT molecular complexity index is 1010. The van der Waals surface area contributed by atoms with Gasteiger partial charge in [-0.1, -0.05) is 0 Å². The maximum absolute atomic E-state index is 12.9. The van der Waals surface area contributed by atoms with E-state index in [9.17, 15) is 14.4 Å². The highest BCUT2D eigenvalue weighted by atomic mass is 32.1. The smallest absolute Gasteiger partial charge is 0.407 e. The Morgan fingerprint density at radius 3 is 2.66 bits per heavy atom. The molecular weight excluding hydrogens is 392 g/mol. The molecular formula is C20H26N4O4S. The van der Waals surface area contributed by atoms with Gasteiger partial charge in [0.25, 0.3) is 11.5 Å². The summed E-state index contributed by atoms with van der Waals surface area (Å²) in [7, 11) is 0. The van der Waals surface area contributed by atoms with Gasteiger partial charge in [-0.2, -0.15) is 0 Å². The van der Waals surface area contributed by atoms with Crippen molar-refractivity contribution in [3.05, 3.63) is 26.6 Å². The molecule has 1 fully saturated rings. The number of piperidine rings is 1. The van der Waals surface area contributed by atoms with Crippen LogP contribution in [0.1, 0.15) is 61.1 Å². The molecule has 0 saturated carbocycles. The van der Waals surface area contributed by atoms with Crippen LogP contribution in [0.5, 0.6) is 0 Å². The molecule has 4 rings (SSSR count). The van der Waals surface area contributed by atoms with E-state index >= 15 is 0 Å². The fraction of sp³-hybridized carbons (Fsp3) is 0.600. The van der Waals surface area contributed by atoms with Crippen LogP contribution in [0.15, 0.2) is 4.79 Å². The molecule has 2 aromatic heterocycles. The first-order valence-corrected chi connectivity index (χ1v) is 10.9. The van der Waals surface area contributed by atoms with E-state index in [1.54, 1.807) is 4.90 Å². The number of nitrogens with zero attached hydrogens (tertiary/aromatic N) is 2. The summed E-state index contributed by atoms with van der Waals surface area (Å²) in [6.07, 6.45) is 3.78. The predicted octanol–water partition coefficient (Wildman–Crippen LogP) is 2.60. The first-order valence-electron chi connectivity index (χ1n) is 10.0. The van der Waals surface area contributed by atoms with Gasteiger partial charge in [0.1, 0.15) is 10.4 Å². The van der Waals surface area contributed by atoms with Gasteiger partial charge in [0, 0.05) is 24.0 Å². The fourth-order valence-electron chi connectivity index (χ4n) is 3.95. The van der Waals surface area contributed by atoms with E-state index in [0.29, 0.717) is 36.1 Å². The zero-order valence-corrected chi connectivity index (χ0v) is 17.8. The highest BCUT2D eigenvalue weighted by Crippen LogP contribution is 2.34. The van der Waals surface area contributed by atoms with Crippen molar-refractivity contribution >= 4 is 33.6 Å². The molecule has 1 aliphatic heterocycles. The second-order valence-electron chi connectivity index (χ2n) is 8.66. The maximum Gasteiger partial charge on any atom is 0.407 e. The van der Waals surface area contributed by atoms with Gasteiger partial charge in [-0.05, 0) is 58.4 Å². The van der Waals surface area contributed by atoms with Crippen LogP contribution in [0.4, 0.5) is 4.79 Å². The van der Waals surface area contributed by atoms with Gasteiger partial charge in [-0.15, -0.1) is 11.3 Å². The quantitative estimate of drug-likeness (QED) is 0.780. The molecule has 29 heavy (non-hydrogen) atoms. The van der Waals surface area contributed by atoms with Crippen LogP contribution < -0.4 is 10.9 Å². The van der Waals surface area contributed by atoms with Crippen molar-refractivity contribution in [2.75, 3.05) is 13.1 Å². The van der Waals surface area contributed by atoms with Crippen LogP contribution in [-0.2, 0) is 17.6 Å². The lowest BCUT2D eigenvalue weighted by molar-refractivity contribution is 0.0472. The van der Waals surface area contributed by atoms with E-state index in [-0.39, 0.29) is 23.3 Å². The summed E-state index contributed by atoms with van der Waals surface area (Å²) in [6.45, 7) is 6.44. The Kier molecular flexibility index (Phi) is 5.10. The average molecular weight is 419 g/mol. The zero-order chi connectivity index (χ0) is 20.8. The molecule has 2 N–H and O–H groups in total. The van der Waals surface area contributed by atoms with Crippen LogP contribution in [0.3, 0.4) is 0 Å². The largest absolute Gasteiger partial charge is 0.444 e. The minimum absolute atomic E-state index is 0.0383. The molecule has 0 radical (unpaired) electrons. The number of amides is 2. The van der Waals surface area contributed by atoms with E-state index < -0.39 is 11.7 Å². The number of hydrogen-bond donors (Lipinski definition) is 2. The van der Waals surface area contributed by atoms with Gasteiger partial charge in [-0.25, -0.2) is 9.78 Å². The van der Waals surface area contributed by atoms with Crippen molar-refractivity contribution in [2.24, 2.45) is 0 Å². The van der Waals surface area contributed by atoms with Gasteiger partial charge in [-0.3, -0.25) is 9.59 Å². The van der Waals surface area contributed by atoms with Gasteiger partial charge in [0.2, 0.25) is 5.82 Å². The number of ether oxygens (including phenoxy) is 1.